The van der Waals surface area contributed by atoms with Crippen LogP contribution in [0.5, 0.6) is 5.75 Å². The van der Waals surface area contributed by atoms with Gasteiger partial charge in [0.05, 0.1) is 18.9 Å². The Morgan fingerprint density at radius 2 is 2.10 bits per heavy atom. The minimum atomic E-state index is -0.899. The van der Waals surface area contributed by atoms with E-state index >= 15 is 0 Å². The first-order chi connectivity index (χ1) is 9.93. The first kappa shape index (κ1) is 17.0. The smallest absolute Gasteiger partial charge is 0.308 e. The van der Waals surface area contributed by atoms with Gasteiger partial charge in [0.1, 0.15) is 5.75 Å². The van der Waals surface area contributed by atoms with Gasteiger partial charge < -0.3 is 14.7 Å². The van der Waals surface area contributed by atoms with E-state index < -0.39 is 11.9 Å². The molecule has 1 amide bonds. The Hall–Kier alpha value is -2.04. The predicted molar refractivity (Wildman–Crippen MR) is 80.4 cm³/mol. The van der Waals surface area contributed by atoms with Gasteiger partial charge in [0.15, 0.2) is 0 Å². The van der Waals surface area contributed by atoms with E-state index in [4.69, 9.17) is 9.84 Å². The maximum atomic E-state index is 12.1. The van der Waals surface area contributed by atoms with E-state index in [1.807, 2.05) is 31.2 Å². The molecule has 1 atom stereocenters. The Bertz CT molecular complexity index is 487. The molecule has 1 N–H and O–H groups in total. The molecule has 1 aromatic carbocycles. The molecule has 1 aromatic rings. The molecule has 116 valence electrons. The van der Waals surface area contributed by atoms with Crippen LogP contribution < -0.4 is 4.74 Å². The van der Waals surface area contributed by atoms with Gasteiger partial charge in [-0.15, -0.1) is 0 Å². The van der Waals surface area contributed by atoms with Gasteiger partial charge in [0.25, 0.3) is 0 Å². The van der Waals surface area contributed by atoms with E-state index in [9.17, 15) is 9.59 Å². The van der Waals surface area contributed by atoms with Crippen LogP contribution in [0, 0.1) is 5.92 Å². The highest BCUT2D eigenvalue weighted by Crippen LogP contribution is 2.15. The van der Waals surface area contributed by atoms with E-state index in [2.05, 4.69) is 0 Å². The highest BCUT2D eigenvalue weighted by Gasteiger charge is 2.17. The molecule has 0 aliphatic carbocycles. The quantitative estimate of drug-likeness (QED) is 0.798. The molecule has 0 fully saturated rings. The van der Waals surface area contributed by atoms with Gasteiger partial charge in [-0.05, 0) is 24.1 Å². The van der Waals surface area contributed by atoms with Crippen molar-refractivity contribution in [2.75, 3.05) is 20.2 Å². The van der Waals surface area contributed by atoms with E-state index in [1.165, 1.54) is 4.90 Å². The number of carboxylic acids is 1. The number of rotatable bonds is 8. The third-order valence-electron chi connectivity index (χ3n) is 3.12. The van der Waals surface area contributed by atoms with Crippen LogP contribution in [-0.4, -0.2) is 42.1 Å². The molecule has 0 aliphatic rings. The van der Waals surface area contributed by atoms with Crippen LogP contribution in [0.3, 0.4) is 0 Å². The van der Waals surface area contributed by atoms with E-state index in [0.29, 0.717) is 6.61 Å². The molecule has 5 nitrogen and oxygen atoms in total. The van der Waals surface area contributed by atoms with Gasteiger partial charge in [-0.3, -0.25) is 9.59 Å². The monoisotopic (exact) mass is 293 g/mol. The highest BCUT2D eigenvalue weighted by molar-refractivity contribution is 5.79. The summed E-state index contributed by atoms with van der Waals surface area (Å²) in [6.07, 6.45) is 1.17. The van der Waals surface area contributed by atoms with Crippen molar-refractivity contribution >= 4 is 11.9 Å². The molecule has 0 aromatic heterocycles. The fraction of sp³-hybridized carbons (Fsp3) is 0.500. The van der Waals surface area contributed by atoms with Gasteiger partial charge in [-0.1, -0.05) is 26.0 Å². The lowest BCUT2D eigenvalue weighted by molar-refractivity contribution is -0.142. The molecule has 5 heteroatoms. The lowest BCUT2D eigenvalue weighted by atomic mass is 10.1. The zero-order valence-corrected chi connectivity index (χ0v) is 12.8. The number of carbonyl (C=O) groups excluding carboxylic acids is 1. The Morgan fingerprint density at radius 1 is 1.38 bits per heavy atom. The molecule has 1 rings (SSSR count). The SMILES string of the molecule is CCCOc1cccc(CC(=O)N(C)CC(C)C(=O)O)c1. The Labute approximate surface area is 125 Å². The molecule has 0 radical (unpaired) electrons. The summed E-state index contributed by atoms with van der Waals surface area (Å²) in [5.74, 6) is -0.817. The lowest BCUT2D eigenvalue weighted by Gasteiger charge is -2.19. The largest absolute Gasteiger partial charge is 0.494 e. The van der Waals surface area contributed by atoms with Gasteiger partial charge in [0, 0.05) is 13.6 Å². The summed E-state index contributed by atoms with van der Waals surface area (Å²) < 4.78 is 5.53. The number of carboxylic acid groups (broad SMARTS) is 1. The molecule has 0 saturated heterocycles. The summed E-state index contributed by atoms with van der Waals surface area (Å²) in [6, 6.07) is 7.43. The minimum absolute atomic E-state index is 0.101. The van der Waals surface area contributed by atoms with Crippen LogP contribution in [0.4, 0.5) is 0 Å². The number of hydrogen-bond acceptors (Lipinski definition) is 3. The van der Waals surface area contributed by atoms with Crippen LogP contribution in [0.25, 0.3) is 0 Å². The summed E-state index contributed by atoms with van der Waals surface area (Å²) in [4.78, 5) is 24.4. The second-order valence-corrected chi connectivity index (χ2v) is 5.19. The zero-order valence-electron chi connectivity index (χ0n) is 12.8. The molecule has 1 unspecified atom stereocenters. The lowest BCUT2D eigenvalue weighted by Crippen LogP contribution is -2.34. The van der Waals surface area contributed by atoms with Crippen LogP contribution in [0.2, 0.25) is 0 Å². The number of amides is 1. The molecule has 0 aliphatic heterocycles. The van der Waals surface area contributed by atoms with Crippen molar-refractivity contribution in [1.82, 2.24) is 4.90 Å². The third-order valence-corrected chi connectivity index (χ3v) is 3.12. The molecular formula is C16H23NO4. The van der Waals surface area contributed by atoms with Crippen LogP contribution in [-0.2, 0) is 16.0 Å². The standard InChI is InChI=1S/C16H23NO4/c1-4-8-21-14-7-5-6-13(9-14)10-15(18)17(3)11-12(2)16(19)20/h5-7,9,12H,4,8,10-11H2,1-3H3,(H,19,20). The molecule has 0 bridgehead atoms. The summed E-state index contributed by atoms with van der Waals surface area (Å²) >= 11 is 0. The number of ether oxygens (including phenoxy) is 1. The molecular weight excluding hydrogens is 270 g/mol. The van der Waals surface area contributed by atoms with Crippen molar-refractivity contribution in [2.24, 2.45) is 5.92 Å². The Balaban J connectivity index is 2.59. The average molecular weight is 293 g/mol. The maximum Gasteiger partial charge on any atom is 0.308 e. The predicted octanol–water partition coefficient (Wildman–Crippen LogP) is 2.20. The first-order valence-electron chi connectivity index (χ1n) is 7.12. The Kier molecular flexibility index (Phi) is 6.72. The van der Waals surface area contributed by atoms with Crippen LogP contribution >= 0.6 is 0 Å². The highest BCUT2D eigenvalue weighted by atomic mass is 16.5. The van der Waals surface area contributed by atoms with E-state index in [0.717, 1.165) is 17.7 Å². The maximum absolute atomic E-state index is 12.1. The van der Waals surface area contributed by atoms with E-state index in [1.54, 1.807) is 14.0 Å². The number of aliphatic carboxylic acids is 1. The third kappa shape index (κ3) is 5.85. The number of carbonyl (C=O) groups is 2. The molecule has 0 heterocycles. The molecule has 21 heavy (non-hydrogen) atoms. The van der Waals surface area contributed by atoms with Gasteiger partial charge in [0.2, 0.25) is 5.91 Å². The average Bonchev–Trinajstić information content (AvgIpc) is 2.45. The summed E-state index contributed by atoms with van der Waals surface area (Å²) in [5, 5.41) is 8.87. The van der Waals surface area contributed by atoms with Crippen molar-refractivity contribution in [1.29, 1.82) is 0 Å². The van der Waals surface area contributed by atoms with Crippen molar-refractivity contribution < 1.29 is 19.4 Å². The number of benzene rings is 1. The van der Waals surface area contributed by atoms with Crippen molar-refractivity contribution in [3.8, 4) is 5.75 Å². The zero-order chi connectivity index (χ0) is 15.8. The van der Waals surface area contributed by atoms with Crippen molar-refractivity contribution in [3.63, 3.8) is 0 Å². The fourth-order valence-electron chi connectivity index (χ4n) is 1.87. The molecule has 0 saturated carbocycles. The topological polar surface area (TPSA) is 66.8 Å². The molecule has 0 spiro atoms. The van der Waals surface area contributed by atoms with Crippen molar-refractivity contribution in [3.05, 3.63) is 29.8 Å². The minimum Gasteiger partial charge on any atom is -0.494 e. The Morgan fingerprint density at radius 3 is 2.71 bits per heavy atom. The number of nitrogens with zero attached hydrogens (tertiary/aromatic N) is 1. The number of hydrogen-bond donors (Lipinski definition) is 1. The summed E-state index contributed by atoms with van der Waals surface area (Å²) in [5.41, 5.74) is 0.864. The van der Waals surface area contributed by atoms with Crippen LogP contribution in [0.1, 0.15) is 25.8 Å². The van der Waals surface area contributed by atoms with Crippen LogP contribution in [0.15, 0.2) is 24.3 Å². The fourth-order valence-corrected chi connectivity index (χ4v) is 1.87. The van der Waals surface area contributed by atoms with Gasteiger partial charge >= 0.3 is 5.97 Å². The summed E-state index contributed by atoms with van der Waals surface area (Å²) in [7, 11) is 1.62. The first-order valence-corrected chi connectivity index (χ1v) is 7.12. The normalized spacial score (nSPS) is 11.8. The second-order valence-electron chi connectivity index (χ2n) is 5.19. The van der Waals surface area contributed by atoms with Gasteiger partial charge in [-0.25, -0.2) is 0 Å². The van der Waals surface area contributed by atoms with Gasteiger partial charge in [-0.2, -0.15) is 0 Å². The van der Waals surface area contributed by atoms with Crippen molar-refractivity contribution in [2.45, 2.75) is 26.7 Å². The summed E-state index contributed by atoms with van der Waals surface area (Å²) in [6.45, 7) is 4.48. The number of likely N-dealkylation sites (N-methyl/N-ethyl adjacent to an activating group) is 1. The second kappa shape index (κ2) is 8.29. The van der Waals surface area contributed by atoms with E-state index in [-0.39, 0.29) is 18.9 Å².